The van der Waals surface area contributed by atoms with Gasteiger partial charge in [0.25, 0.3) is 0 Å². The van der Waals surface area contributed by atoms with Gasteiger partial charge in [0.1, 0.15) is 5.75 Å². The number of hydrogen-bond acceptors (Lipinski definition) is 3. The highest BCUT2D eigenvalue weighted by Gasteiger charge is 2.18. The van der Waals surface area contributed by atoms with Crippen LogP contribution in [0.25, 0.3) is 0 Å². The standard InChI is InChI=1S/C20H24Cl2N2O2/c1-14(24(2)13-16-6-7-17(21)12-19(16)22)20(25)23-11-10-15-4-8-18(26-3)9-5-15/h4-9,12,14H,10-11,13H2,1-3H3,(H,23,25). The summed E-state index contributed by atoms with van der Waals surface area (Å²) in [5.41, 5.74) is 2.09. The SMILES string of the molecule is COc1ccc(CCNC(=O)C(C)N(C)Cc2ccc(Cl)cc2Cl)cc1. The predicted molar refractivity (Wildman–Crippen MR) is 107 cm³/mol. The number of ether oxygens (including phenoxy) is 1. The number of benzene rings is 2. The number of methoxy groups -OCH3 is 1. The molecule has 0 saturated carbocycles. The monoisotopic (exact) mass is 394 g/mol. The summed E-state index contributed by atoms with van der Waals surface area (Å²) in [6.45, 7) is 3.04. The Labute approximate surface area is 165 Å². The van der Waals surface area contributed by atoms with Gasteiger partial charge in [-0.25, -0.2) is 0 Å². The molecule has 1 atom stereocenters. The first-order chi connectivity index (χ1) is 12.4. The lowest BCUT2D eigenvalue weighted by molar-refractivity contribution is -0.125. The zero-order chi connectivity index (χ0) is 19.1. The number of hydrogen-bond donors (Lipinski definition) is 1. The number of likely N-dealkylation sites (N-methyl/N-ethyl adjacent to an activating group) is 1. The van der Waals surface area contributed by atoms with E-state index < -0.39 is 0 Å². The predicted octanol–water partition coefficient (Wildman–Crippen LogP) is 4.18. The smallest absolute Gasteiger partial charge is 0.237 e. The van der Waals surface area contributed by atoms with Gasteiger partial charge in [-0.1, -0.05) is 41.4 Å². The van der Waals surface area contributed by atoms with Crippen LogP contribution < -0.4 is 10.1 Å². The molecular formula is C20H24Cl2N2O2. The van der Waals surface area contributed by atoms with Gasteiger partial charge in [-0.3, -0.25) is 9.69 Å². The van der Waals surface area contributed by atoms with Gasteiger partial charge >= 0.3 is 0 Å². The van der Waals surface area contributed by atoms with Crippen LogP contribution in [-0.2, 0) is 17.8 Å². The summed E-state index contributed by atoms with van der Waals surface area (Å²) in [7, 11) is 3.54. The Kier molecular flexibility index (Phi) is 7.76. The molecule has 0 bridgehead atoms. The quantitative estimate of drug-likeness (QED) is 0.729. The number of nitrogens with zero attached hydrogens (tertiary/aromatic N) is 1. The van der Waals surface area contributed by atoms with E-state index in [2.05, 4.69) is 5.32 Å². The van der Waals surface area contributed by atoms with Crippen LogP contribution in [0.15, 0.2) is 42.5 Å². The largest absolute Gasteiger partial charge is 0.497 e. The molecule has 0 saturated heterocycles. The third-order valence-electron chi connectivity index (χ3n) is 4.35. The first-order valence-electron chi connectivity index (χ1n) is 8.45. The molecule has 0 aromatic heterocycles. The number of amides is 1. The third kappa shape index (κ3) is 5.90. The van der Waals surface area contributed by atoms with Crippen molar-refractivity contribution >= 4 is 29.1 Å². The molecule has 1 unspecified atom stereocenters. The van der Waals surface area contributed by atoms with Crippen LogP contribution in [0.1, 0.15) is 18.1 Å². The Morgan fingerprint density at radius 3 is 2.50 bits per heavy atom. The van der Waals surface area contributed by atoms with Crippen molar-refractivity contribution in [3.63, 3.8) is 0 Å². The number of nitrogens with one attached hydrogen (secondary N) is 1. The van der Waals surface area contributed by atoms with Crippen LogP contribution in [0.4, 0.5) is 0 Å². The summed E-state index contributed by atoms with van der Waals surface area (Å²) < 4.78 is 5.14. The summed E-state index contributed by atoms with van der Waals surface area (Å²) in [5.74, 6) is 0.819. The van der Waals surface area contributed by atoms with Crippen LogP contribution in [0.3, 0.4) is 0 Å². The Bertz CT molecular complexity index is 735. The highest BCUT2D eigenvalue weighted by molar-refractivity contribution is 6.35. The van der Waals surface area contributed by atoms with Crippen LogP contribution >= 0.6 is 23.2 Å². The lowest BCUT2D eigenvalue weighted by Crippen LogP contribution is -2.43. The Hall–Kier alpha value is -1.75. The van der Waals surface area contributed by atoms with Crippen LogP contribution in [-0.4, -0.2) is 37.6 Å². The lowest BCUT2D eigenvalue weighted by atomic mass is 10.1. The van der Waals surface area contributed by atoms with Crippen molar-refractivity contribution in [1.29, 1.82) is 0 Å². The molecule has 26 heavy (non-hydrogen) atoms. The van der Waals surface area contributed by atoms with E-state index in [9.17, 15) is 4.79 Å². The van der Waals surface area contributed by atoms with Crippen LogP contribution in [0, 0.1) is 0 Å². The Morgan fingerprint density at radius 1 is 1.19 bits per heavy atom. The zero-order valence-electron chi connectivity index (χ0n) is 15.3. The molecule has 0 heterocycles. The molecular weight excluding hydrogens is 371 g/mol. The van der Waals surface area contributed by atoms with E-state index in [4.69, 9.17) is 27.9 Å². The molecule has 0 aliphatic heterocycles. The molecule has 0 fully saturated rings. The normalized spacial score (nSPS) is 12.1. The van der Waals surface area contributed by atoms with E-state index in [1.807, 2.05) is 49.2 Å². The van der Waals surface area contributed by atoms with Gasteiger partial charge in [-0.2, -0.15) is 0 Å². The Morgan fingerprint density at radius 2 is 1.88 bits per heavy atom. The molecule has 1 amide bonds. The van der Waals surface area contributed by atoms with Crippen molar-refractivity contribution in [2.24, 2.45) is 0 Å². The summed E-state index contributed by atoms with van der Waals surface area (Å²) >= 11 is 12.1. The van der Waals surface area contributed by atoms with Crippen molar-refractivity contribution < 1.29 is 9.53 Å². The number of carbonyl (C=O) groups excluding carboxylic acids is 1. The summed E-state index contributed by atoms with van der Waals surface area (Å²) in [4.78, 5) is 14.3. The number of carbonyl (C=O) groups is 1. The third-order valence-corrected chi connectivity index (χ3v) is 4.93. The molecule has 0 aliphatic rings. The van der Waals surface area contributed by atoms with Gasteiger partial charge in [0.15, 0.2) is 0 Å². The van der Waals surface area contributed by atoms with E-state index in [0.717, 1.165) is 23.3 Å². The van der Waals surface area contributed by atoms with Gasteiger partial charge in [0, 0.05) is 23.1 Å². The first kappa shape index (κ1) is 20.6. The second-order valence-corrected chi connectivity index (χ2v) is 7.06. The molecule has 6 heteroatoms. The van der Waals surface area contributed by atoms with Crippen molar-refractivity contribution in [1.82, 2.24) is 10.2 Å². The fourth-order valence-corrected chi connectivity index (χ4v) is 2.99. The molecule has 0 spiro atoms. The van der Waals surface area contributed by atoms with E-state index in [1.54, 1.807) is 19.2 Å². The minimum atomic E-state index is -0.266. The van der Waals surface area contributed by atoms with Gasteiger partial charge in [0.05, 0.1) is 13.2 Å². The first-order valence-corrected chi connectivity index (χ1v) is 9.21. The maximum atomic E-state index is 12.4. The zero-order valence-corrected chi connectivity index (χ0v) is 16.8. The van der Waals surface area contributed by atoms with E-state index in [-0.39, 0.29) is 11.9 Å². The van der Waals surface area contributed by atoms with Crippen molar-refractivity contribution in [3.8, 4) is 5.75 Å². The van der Waals surface area contributed by atoms with E-state index >= 15 is 0 Å². The van der Waals surface area contributed by atoms with E-state index in [0.29, 0.717) is 23.1 Å². The molecule has 4 nitrogen and oxygen atoms in total. The average Bonchev–Trinajstić information content (AvgIpc) is 2.63. The average molecular weight is 395 g/mol. The van der Waals surface area contributed by atoms with Crippen LogP contribution in [0.5, 0.6) is 5.75 Å². The minimum absolute atomic E-state index is 0.00824. The molecule has 2 aromatic carbocycles. The second-order valence-electron chi connectivity index (χ2n) is 6.22. The van der Waals surface area contributed by atoms with Crippen molar-refractivity contribution in [2.45, 2.75) is 25.9 Å². The van der Waals surface area contributed by atoms with Crippen LogP contribution in [0.2, 0.25) is 10.0 Å². The fraction of sp³-hybridized carbons (Fsp3) is 0.350. The summed E-state index contributed by atoms with van der Waals surface area (Å²) in [6, 6.07) is 13.0. The number of halogens is 2. The highest BCUT2D eigenvalue weighted by Crippen LogP contribution is 2.22. The molecule has 140 valence electrons. The molecule has 2 aromatic rings. The van der Waals surface area contributed by atoms with Gasteiger partial charge < -0.3 is 10.1 Å². The van der Waals surface area contributed by atoms with Gasteiger partial charge in [-0.05, 0) is 55.8 Å². The topological polar surface area (TPSA) is 41.6 Å². The van der Waals surface area contributed by atoms with Gasteiger partial charge in [-0.15, -0.1) is 0 Å². The molecule has 0 aliphatic carbocycles. The fourth-order valence-electron chi connectivity index (χ4n) is 2.53. The second kappa shape index (κ2) is 9.81. The molecule has 2 rings (SSSR count). The Balaban J connectivity index is 1.81. The highest BCUT2D eigenvalue weighted by atomic mass is 35.5. The number of rotatable bonds is 8. The maximum Gasteiger partial charge on any atom is 0.237 e. The van der Waals surface area contributed by atoms with Crippen molar-refractivity contribution in [3.05, 3.63) is 63.6 Å². The summed E-state index contributed by atoms with van der Waals surface area (Å²) in [5, 5.41) is 4.19. The minimum Gasteiger partial charge on any atom is -0.497 e. The van der Waals surface area contributed by atoms with Crippen molar-refractivity contribution in [2.75, 3.05) is 20.7 Å². The van der Waals surface area contributed by atoms with Gasteiger partial charge in [0.2, 0.25) is 5.91 Å². The lowest BCUT2D eigenvalue weighted by Gasteiger charge is -2.24. The molecule has 0 radical (unpaired) electrons. The summed E-state index contributed by atoms with van der Waals surface area (Å²) in [6.07, 6.45) is 0.773. The van der Waals surface area contributed by atoms with E-state index in [1.165, 1.54) is 0 Å². The molecule has 1 N–H and O–H groups in total. The maximum absolute atomic E-state index is 12.4.